The van der Waals surface area contributed by atoms with E-state index in [-0.39, 0.29) is 0 Å². The molecular formula is C11H16N2OSi. The van der Waals surface area contributed by atoms with Crippen LogP contribution in [0.5, 0.6) is 0 Å². The SMILES string of the molecule is C[Si](C)(C)ONC(C#N)c1ccccc1. The van der Waals surface area contributed by atoms with Crippen molar-refractivity contribution in [3.05, 3.63) is 35.9 Å². The van der Waals surface area contributed by atoms with E-state index >= 15 is 0 Å². The lowest BCUT2D eigenvalue weighted by Crippen LogP contribution is -2.35. The Labute approximate surface area is 91.8 Å². The Bertz CT molecular complexity index is 340. The van der Waals surface area contributed by atoms with E-state index in [0.29, 0.717) is 0 Å². The van der Waals surface area contributed by atoms with Crippen molar-refractivity contribution in [3.8, 4) is 6.07 Å². The number of nitriles is 1. The third kappa shape index (κ3) is 4.26. The number of hydrogen-bond donors (Lipinski definition) is 1. The molecule has 3 nitrogen and oxygen atoms in total. The molecule has 0 spiro atoms. The Balaban J connectivity index is 2.63. The van der Waals surface area contributed by atoms with E-state index in [2.05, 4.69) is 31.2 Å². The maximum atomic E-state index is 9.00. The summed E-state index contributed by atoms with van der Waals surface area (Å²) < 4.78 is 5.50. The van der Waals surface area contributed by atoms with Crippen LogP contribution in [-0.2, 0) is 4.53 Å². The highest BCUT2D eigenvalue weighted by Crippen LogP contribution is 2.12. The van der Waals surface area contributed by atoms with Crippen LogP contribution in [0.2, 0.25) is 19.6 Å². The fourth-order valence-electron chi connectivity index (χ4n) is 1.05. The molecule has 1 unspecified atom stereocenters. The second-order valence-electron chi connectivity index (χ2n) is 4.31. The van der Waals surface area contributed by atoms with Crippen LogP contribution in [0, 0.1) is 11.3 Å². The van der Waals surface area contributed by atoms with E-state index in [1.54, 1.807) is 0 Å². The lowest BCUT2D eigenvalue weighted by molar-refractivity contribution is 0.167. The molecule has 4 heteroatoms. The summed E-state index contributed by atoms with van der Waals surface area (Å²) in [5.74, 6) is 0. The van der Waals surface area contributed by atoms with Crippen LogP contribution < -0.4 is 5.48 Å². The second-order valence-corrected chi connectivity index (χ2v) is 8.73. The molecule has 1 aromatic rings. The number of hydrogen-bond acceptors (Lipinski definition) is 3. The van der Waals surface area contributed by atoms with Gasteiger partial charge in [-0.25, -0.2) is 0 Å². The summed E-state index contributed by atoms with van der Waals surface area (Å²) in [4.78, 5) is 0. The third-order valence-corrected chi connectivity index (χ3v) is 2.48. The summed E-state index contributed by atoms with van der Waals surface area (Å²) in [6.07, 6.45) is 0. The van der Waals surface area contributed by atoms with Crippen LogP contribution >= 0.6 is 0 Å². The topological polar surface area (TPSA) is 45.0 Å². The predicted molar refractivity (Wildman–Crippen MR) is 62.4 cm³/mol. The Morgan fingerprint density at radius 1 is 1.27 bits per heavy atom. The zero-order chi connectivity index (χ0) is 11.3. The predicted octanol–water partition coefficient (Wildman–Crippen LogP) is 2.61. The Morgan fingerprint density at radius 3 is 2.33 bits per heavy atom. The quantitative estimate of drug-likeness (QED) is 0.626. The first kappa shape index (κ1) is 11.9. The van der Waals surface area contributed by atoms with Gasteiger partial charge in [-0.05, 0) is 25.2 Å². The molecule has 0 aliphatic heterocycles. The summed E-state index contributed by atoms with van der Waals surface area (Å²) in [5.41, 5.74) is 3.76. The van der Waals surface area contributed by atoms with E-state index in [1.807, 2.05) is 30.3 Å². The fourth-order valence-corrected chi connectivity index (χ4v) is 1.52. The van der Waals surface area contributed by atoms with E-state index in [0.717, 1.165) is 5.56 Å². The van der Waals surface area contributed by atoms with Crippen LogP contribution in [0.25, 0.3) is 0 Å². The molecule has 0 amide bonds. The molecule has 80 valence electrons. The van der Waals surface area contributed by atoms with Crippen LogP contribution in [0.1, 0.15) is 11.6 Å². The van der Waals surface area contributed by atoms with Gasteiger partial charge in [-0.1, -0.05) is 30.3 Å². The van der Waals surface area contributed by atoms with Crippen LogP contribution in [0.3, 0.4) is 0 Å². The highest BCUT2D eigenvalue weighted by atomic mass is 28.4. The van der Waals surface area contributed by atoms with Crippen molar-refractivity contribution in [1.82, 2.24) is 5.48 Å². The van der Waals surface area contributed by atoms with Crippen LogP contribution in [0.4, 0.5) is 0 Å². The van der Waals surface area contributed by atoms with E-state index in [9.17, 15) is 0 Å². The van der Waals surface area contributed by atoms with Crippen LogP contribution in [0.15, 0.2) is 30.3 Å². The molecule has 15 heavy (non-hydrogen) atoms. The van der Waals surface area contributed by atoms with Gasteiger partial charge in [-0.2, -0.15) is 10.7 Å². The standard InChI is InChI=1S/C11H16N2OSi/c1-15(2,3)14-13-11(9-12)10-7-5-4-6-8-10/h4-8,11,13H,1-3H3. The summed E-state index contributed by atoms with van der Waals surface area (Å²) in [5, 5.41) is 9.00. The molecule has 0 aromatic heterocycles. The molecule has 0 aliphatic carbocycles. The van der Waals surface area contributed by atoms with Gasteiger partial charge in [0.05, 0.1) is 6.07 Å². The van der Waals surface area contributed by atoms with Crippen molar-refractivity contribution in [3.63, 3.8) is 0 Å². The largest absolute Gasteiger partial charge is 0.344 e. The monoisotopic (exact) mass is 220 g/mol. The Kier molecular flexibility index (Phi) is 4.03. The van der Waals surface area contributed by atoms with Crippen molar-refractivity contribution in [2.75, 3.05) is 0 Å². The molecule has 1 N–H and O–H groups in total. The fraction of sp³-hybridized carbons (Fsp3) is 0.364. The van der Waals surface area contributed by atoms with Crippen molar-refractivity contribution < 1.29 is 4.53 Å². The van der Waals surface area contributed by atoms with Crippen molar-refractivity contribution in [1.29, 1.82) is 5.26 Å². The molecule has 0 aliphatic rings. The minimum atomic E-state index is -1.63. The second kappa shape index (κ2) is 5.08. The van der Waals surface area contributed by atoms with E-state index in [4.69, 9.17) is 9.79 Å². The zero-order valence-electron chi connectivity index (χ0n) is 9.32. The lowest BCUT2D eigenvalue weighted by Gasteiger charge is -2.20. The first-order valence-electron chi connectivity index (χ1n) is 4.91. The van der Waals surface area contributed by atoms with Gasteiger partial charge in [0.2, 0.25) is 8.32 Å². The van der Waals surface area contributed by atoms with Crippen molar-refractivity contribution in [2.24, 2.45) is 0 Å². The molecule has 0 radical (unpaired) electrons. The van der Waals surface area contributed by atoms with Crippen molar-refractivity contribution >= 4 is 8.32 Å². The van der Waals surface area contributed by atoms with Gasteiger partial charge in [0.25, 0.3) is 0 Å². The van der Waals surface area contributed by atoms with Gasteiger partial charge >= 0.3 is 0 Å². The van der Waals surface area contributed by atoms with Gasteiger partial charge in [0.1, 0.15) is 6.04 Å². The van der Waals surface area contributed by atoms with E-state index < -0.39 is 14.4 Å². The Hall–Kier alpha value is -1.15. The van der Waals surface area contributed by atoms with Gasteiger partial charge in [0.15, 0.2) is 0 Å². The summed E-state index contributed by atoms with van der Waals surface area (Å²) >= 11 is 0. The molecular weight excluding hydrogens is 204 g/mol. The molecule has 1 aromatic carbocycles. The molecule has 1 rings (SSSR count). The molecule has 1 atom stereocenters. The number of benzene rings is 1. The maximum absolute atomic E-state index is 9.00. The number of nitrogens with zero attached hydrogens (tertiary/aromatic N) is 1. The first-order chi connectivity index (χ1) is 7.03. The van der Waals surface area contributed by atoms with Crippen LogP contribution in [-0.4, -0.2) is 8.32 Å². The molecule has 0 heterocycles. The number of rotatable bonds is 4. The maximum Gasteiger partial charge on any atom is 0.211 e. The van der Waals surface area contributed by atoms with Gasteiger partial charge in [-0.3, -0.25) is 0 Å². The average Bonchev–Trinajstić information content (AvgIpc) is 2.19. The highest BCUT2D eigenvalue weighted by Gasteiger charge is 2.18. The van der Waals surface area contributed by atoms with Gasteiger partial charge in [0, 0.05) is 0 Å². The number of hydroxylamine groups is 1. The minimum absolute atomic E-state index is 0.391. The van der Waals surface area contributed by atoms with E-state index in [1.165, 1.54) is 0 Å². The number of nitrogens with one attached hydrogen (secondary N) is 1. The third-order valence-electron chi connectivity index (χ3n) is 1.74. The first-order valence-corrected chi connectivity index (χ1v) is 8.32. The minimum Gasteiger partial charge on any atom is -0.344 e. The molecule has 0 saturated heterocycles. The zero-order valence-corrected chi connectivity index (χ0v) is 10.3. The molecule has 0 fully saturated rings. The lowest BCUT2D eigenvalue weighted by atomic mass is 10.1. The Morgan fingerprint density at radius 2 is 1.87 bits per heavy atom. The summed E-state index contributed by atoms with van der Waals surface area (Å²) in [6.45, 7) is 6.21. The summed E-state index contributed by atoms with van der Waals surface area (Å²) in [7, 11) is -1.63. The smallest absolute Gasteiger partial charge is 0.211 e. The molecule has 0 bridgehead atoms. The molecule has 0 saturated carbocycles. The van der Waals surface area contributed by atoms with Gasteiger partial charge in [-0.15, -0.1) is 0 Å². The van der Waals surface area contributed by atoms with Crippen molar-refractivity contribution in [2.45, 2.75) is 25.7 Å². The highest BCUT2D eigenvalue weighted by molar-refractivity contribution is 6.69. The summed E-state index contributed by atoms with van der Waals surface area (Å²) in [6, 6.07) is 11.4. The normalized spacial score (nSPS) is 13.2. The van der Waals surface area contributed by atoms with Gasteiger partial charge < -0.3 is 4.53 Å². The average molecular weight is 220 g/mol.